The number of hydrogen-bond donors (Lipinski definition) is 2. The Morgan fingerprint density at radius 1 is 1.37 bits per heavy atom. The summed E-state index contributed by atoms with van der Waals surface area (Å²) in [6, 6.07) is 9.19. The van der Waals surface area contributed by atoms with Crippen LogP contribution in [0.15, 0.2) is 41.1 Å². The van der Waals surface area contributed by atoms with Gasteiger partial charge in [-0.1, -0.05) is 6.07 Å². The van der Waals surface area contributed by atoms with Crippen LogP contribution in [-0.4, -0.2) is 17.2 Å². The van der Waals surface area contributed by atoms with E-state index in [1.165, 1.54) is 7.11 Å². The highest BCUT2D eigenvalue weighted by Gasteiger charge is 2.10. The second-order valence-corrected chi connectivity index (χ2v) is 4.89. The van der Waals surface area contributed by atoms with Crippen LogP contribution in [0.4, 0.5) is 5.69 Å². The zero-order valence-electron chi connectivity index (χ0n) is 10.7. The number of ether oxygens (including phenoxy) is 1. The van der Waals surface area contributed by atoms with Crippen molar-refractivity contribution in [2.24, 2.45) is 0 Å². The predicted octanol–water partition coefficient (Wildman–Crippen LogP) is 3.73. The molecule has 100 valence electrons. The third-order valence-electron chi connectivity index (χ3n) is 2.83. The molecule has 0 aliphatic heterocycles. The summed E-state index contributed by atoms with van der Waals surface area (Å²) in [6.07, 6.45) is 1.73. The van der Waals surface area contributed by atoms with Crippen LogP contribution >= 0.6 is 15.9 Å². The Labute approximate surface area is 120 Å². The lowest BCUT2D eigenvalue weighted by Gasteiger charge is -2.17. The molecule has 0 spiro atoms. The first-order valence-corrected chi connectivity index (χ1v) is 6.65. The summed E-state index contributed by atoms with van der Waals surface area (Å²) < 4.78 is 5.88. The van der Waals surface area contributed by atoms with Crippen LogP contribution in [-0.2, 0) is 0 Å². The molecule has 0 aliphatic carbocycles. The van der Waals surface area contributed by atoms with Crippen molar-refractivity contribution in [3.63, 3.8) is 0 Å². The number of hydrogen-bond acceptors (Lipinski definition) is 4. The molecule has 1 heterocycles. The Morgan fingerprint density at radius 3 is 2.84 bits per heavy atom. The monoisotopic (exact) mass is 322 g/mol. The lowest BCUT2D eigenvalue weighted by Crippen LogP contribution is -2.07. The van der Waals surface area contributed by atoms with Crippen molar-refractivity contribution in [1.82, 2.24) is 4.98 Å². The maximum Gasteiger partial charge on any atom is 0.160 e. The number of nitrogens with one attached hydrogen (secondary N) is 1. The maximum atomic E-state index is 9.59. The second kappa shape index (κ2) is 5.93. The summed E-state index contributed by atoms with van der Waals surface area (Å²) in [6.45, 7) is 2.03. The molecule has 0 saturated heterocycles. The molecule has 2 rings (SSSR count). The van der Waals surface area contributed by atoms with Gasteiger partial charge >= 0.3 is 0 Å². The Kier molecular flexibility index (Phi) is 4.27. The van der Waals surface area contributed by atoms with Gasteiger partial charge in [-0.2, -0.15) is 0 Å². The third kappa shape index (κ3) is 3.17. The minimum atomic E-state index is 0.0648. The molecule has 1 aromatic heterocycles. The topological polar surface area (TPSA) is 54.4 Å². The number of nitrogens with zero attached hydrogens (tertiary/aromatic N) is 1. The van der Waals surface area contributed by atoms with E-state index in [0.29, 0.717) is 5.75 Å². The van der Waals surface area contributed by atoms with Gasteiger partial charge in [-0.25, -0.2) is 4.98 Å². The highest BCUT2D eigenvalue weighted by atomic mass is 79.9. The Hall–Kier alpha value is -1.75. The smallest absolute Gasteiger partial charge is 0.160 e. The minimum Gasteiger partial charge on any atom is -0.504 e. The SMILES string of the molecule is COc1cc(C(C)Nc2cccnc2Br)ccc1O. The normalized spacial score (nSPS) is 11.9. The van der Waals surface area contributed by atoms with E-state index in [2.05, 4.69) is 26.2 Å². The average molecular weight is 323 g/mol. The molecule has 1 atom stereocenters. The van der Waals surface area contributed by atoms with Crippen LogP contribution in [0.5, 0.6) is 11.5 Å². The van der Waals surface area contributed by atoms with E-state index in [4.69, 9.17) is 4.74 Å². The summed E-state index contributed by atoms with van der Waals surface area (Å²) in [7, 11) is 1.54. The molecule has 0 radical (unpaired) electrons. The van der Waals surface area contributed by atoms with Gasteiger partial charge in [0.2, 0.25) is 0 Å². The Balaban J connectivity index is 2.20. The van der Waals surface area contributed by atoms with Crippen LogP contribution in [0.2, 0.25) is 0 Å². The van der Waals surface area contributed by atoms with Gasteiger partial charge < -0.3 is 15.2 Å². The molecular weight excluding hydrogens is 308 g/mol. The fourth-order valence-electron chi connectivity index (χ4n) is 1.77. The lowest BCUT2D eigenvalue weighted by atomic mass is 10.1. The van der Waals surface area contributed by atoms with Gasteiger partial charge in [-0.15, -0.1) is 0 Å². The van der Waals surface area contributed by atoms with Gasteiger partial charge in [0.15, 0.2) is 11.5 Å². The molecular formula is C14H15BrN2O2. The van der Waals surface area contributed by atoms with Crippen LogP contribution in [0.1, 0.15) is 18.5 Å². The van der Waals surface area contributed by atoms with Gasteiger partial charge in [-0.05, 0) is 52.7 Å². The maximum absolute atomic E-state index is 9.59. The number of halogens is 1. The predicted molar refractivity (Wildman–Crippen MR) is 78.6 cm³/mol. The van der Waals surface area contributed by atoms with Crippen LogP contribution in [0.3, 0.4) is 0 Å². The molecule has 5 heteroatoms. The second-order valence-electron chi connectivity index (χ2n) is 4.14. The average Bonchev–Trinajstić information content (AvgIpc) is 2.42. The zero-order valence-corrected chi connectivity index (χ0v) is 12.3. The first-order valence-electron chi connectivity index (χ1n) is 5.85. The molecule has 0 amide bonds. The highest BCUT2D eigenvalue weighted by Crippen LogP contribution is 2.31. The van der Waals surface area contributed by atoms with Crippen LogP contribution < -0.4 is 10.1 Å². The number of phenolic OH excluding ortho intramolecular Hbond substituents is 1. The van der Waals surface area contributed by atoms with Gasteiger partial charge in [0.25, 0.3) is 0 Å². The van der Waals surface area contributed by atoms with E-state index >= 15 is 0 Å². The van der Waals surface area contributed by atoms with E-state index in [0.717, 1.165) is 15.9 Å². The van der Waals surface area contributed by atoms with Gasteiger partial charge in [0.1, 0.15) is 4.60 Å². The zero-order chi connectivity index (χ0) is 13.8. The first kappa shape index (κ1) is 13.7. The van der Waals surface area contributed by atoms with E-state index in [-0.39, 0.29) is 11.8 Å². The Morgan fingerprint density at radius 2 is 2.16 bits per heavy atom. The number of rotatable bonds is 4. The third-order valence-corrected chi connectivity index (χ3v) is 3.47. The summed E-state index contributed by atoms with van der Waals surface area (Å²) in [5.41, 5.74) is 1.94. The molecule has 19 heavy (non-hydrogen) atoms. The number of benzene rings is 1. The summed E-state index contributed by atoms with van der Waals surface area (Å²) in [5, 5.41) is 12.9. The molecule has 2 N–H and O–H groups in total. The number of aromatic nitrogens is 1. The van der Waals surface area contributed by atoms with Gasteiger partial charge in [0, 0.05) is 12.2 Å². The van der Waals surface area contributed by atoms with Crippen molar-refractivity contribution >= 4 is 21.6 Å². The number of methoxy groups -OCH3 is 1. The van der Waals surface area contributed by atoms with Gasteiger partial charge in [-0.3, -0.25) is 0 Å². The van der Waals surface area contributed by atoms with Crippen LogP contribution in [0, 0.1) is 0 Å². The molecule has 1 aromatic carbocycles. The lowest BCUT2D eigenvalue weighted by molar-refractivity contribution is 0.373. The number of aromatic hydroxyl groups is 1. The molecule has 0 bridgehead atoms. The minimum absolute atomic E-state index is 0.0648. The van der Waals surface area contributed by atoms with Crippen LogP contribution in [0.25, 0.3) is 0 Å². The van der Waals surface area contributed by atoms with Crippen molar-refractivity contribution in [2.45, 2.75) is 13.0 Å². The largest absolute Gasteiger partial charge is 0.504 e. The molecule has 0 saturated carbocycles. The Bertz CT molecular complexity index is 575. The fourth-order valence-corrected chi connectivity index (χ4v) is 2.14. The molecule has 4 nitrogen and oxygen atoms in total. The molecule has 0 aliphatic rings. The van der Waals surface area contributed by atoms with Gasteiger partial charge in [0.05, 0.1) is 12.8 Å². The van der Waals surface area contributed by atoms with Crippen molar-refractivity contribution in [1.29, 1.82) is 0 Å². The van der Waals surface area contributed by atoms with E-state index in [1.807, 2.05) is 31.2 Å². The molecule has 2 aromatic rings. The standard InChI is InChI=1S/C14H15BrN2O2/c1-9(17-11-4-3-7-16-14(11)15)10-5-6-12(18)13(8-10)19-2/h3-9,17-18H,1-2H3. The van der Waals surface area contributed by atoms with Crippen molar-refractivity contribution in [3.05, 3.63) is 46.7 Å². The number of anilines is 1. The van der Waals surface area contributed by atoms with Crippen molar-refractivity contribution in [3.8, 4) is 11.5 Å². The first-order chi connectivity index (χ1) is 9.11. The quantitative estimate of drug-likeness (QED) is 0.842. The highest BCUT2D eigenvalue weighted by molar-refractivity contribution is 9.10. The summed E-state index contributed by atoms with van der Waals surface area (Å²) >= 11 is 3.40. The molecule has 0 fully saturated rings. The number of phenols is 1. The number of pyridine rings is 1. The fraction of sp³-hybridized carbons (Fsp3) is 0.214. The summed E-state index contributed by atoms with van der Waals surface area (Å²) in [4.78, 5) is 4.16. The van der Waals surface area contributed by atoms with E-state index in [1.54, 1.807) is 12.3 Å². The van der Waals surface area contributed by atoms with Crippen molar-refractivity contribution in [2.75, 3.05) is 12.4 Å². The van der Waals surface area contributed by atoms with E-state index in [9.17, 15) is 5.11 Å². The summed E-state index contributed by atoms with van der Waals surface area (Å²) in [5.74, 6) is 0.609. The van der Waals surface area contributed by atoms with Crippen molar-refractivity contribution < 1.29 is 9.84 Å². The van der Waals surface area contributed by atoms with E-state index < -0.39 is 0 Å². The molecule has 1 unspecified atom stereocenters.